The number of hydrogen-bond donors (Lipinski definition) is 1. The second-order valence-electron chi connectivity index (χ2n) is 5.86. The minimum absolute atomic E-state index is 0.0436. The predicted molar refractivity (Wildman–Crippen MR) is 76.8 cm³/mol. The van der Waals surface area contributed by atoms with Crippen LogP contribution in [0.2, 0.25) is 0 Å². The highest BCUT2D eigenvalue weighted by molar-refractivity contribution is 7.89. The number of sulfonamides is 1. The summed E-state index contributed by atoms with van der Waals surface area (Å²) in [4.78, 5) is 15.6. The van der Waals surface area contributed by atoms with Gasteiger partial charge in [0.25, 0.3) is 0 Å². The van der Waals surface area contributed by atoms with Crippen molar-refractivity contribution in [2.24, 2.45) is 11.8 Å². The lowest BCUT2D eigenvalue weighted by Crippen LogP contribution is -2.38. The van der Waals surface area contributed by atoms with Gasteiger partial charge in [0.1, 0.15) is 4.90 Å². The van der Waals surface area contributed by atoms with Crippen LogP contribution in [0.4, 0.5) is 0 Å². The third kappa shape index (κ3) is 2.67. The summed E-state index contributed by atoms with van der Waals surface area (Å²) in [6.07, 6.45) is 5.01. The summed E-state index contributed by atoms with van der Waals surface area (Å²) in [6.45, 7) is 0.667. The molecule has 1 saturated carbocycles. The first-order chi connectivity index (χ1) is 9.98. The van der Waals surface area contributed by atoms with Crippen LogP contribution in [-0.4, -0.2) is 43.2 Å². The van der Waals surface area contributed by atoms with Gasteiger partial charge in [-0.05, 0) is 36.8 Å². The minimum Gasteiger partial charge on any atom is -0.356 e. The summed E-state index contributed by atoms with van der Waals surface area (Å²) in [5.74, 6) is 0.768. The van der Waals surface area contributed by atoms with E-state index in [0.29, 0.717) is 24.8 Å². The number of amides is 1. The Bertz CT molecular complexity index is 632. The van der Waals surface area contributed by atoms with E-state index in [1.54, 1.807) is 25.4 Å². The van der Waals surface area contributed by atoms with E-state index in [4.69, 9.17) is 0 Å². The van der Waals surface area contributed by atoms with Gasteiger partial charge < -0.3 is 5.32 Å². The van der Waals surface area contributed by atoms with Gasteiger partial charge in [-0.25, -0.2) is 8.42 Å². The number of fused-ring (bicyclic) bond motifs is 1. The molecule has 1 N–H and O–H groups in total. The van der Waals surface area contributed by atoms with Gasteiger partial charge in [0.05, 0.1) is 0 Å². The average molecular weight is 309 g/mol. The third-order valence-electron chi connectivity index (χ3n) is 4.65. The van der Waals surface area contributed by atoms with Crippen molar-refractivity contribution in [1.82, 2.24) is 14.6 Å². The van der Waals surface area contributed by atoms with Crippen molar-refractivity contribution in [3.05, 3.63) is 24.5 Å². The molecular formula is C14H19N3O3S. The molecule has 1 aliphatic heterocycles. The number of aromatic nitrogens is 1. The van der Waals surface area contributed by atoms with Gasteiger partial charge in [-0.3, -0.25) is 9.78 Å². The minimum atomic E-state index is -3.51. The van der Waals surface area contributed by atoms with E-state index < -0.39 is 10.0 Å². The molecule has 6 nitrogen and oxygen atoms in total. The van der Waals surface area contributed by atoms with Crippen molar-refractivity contribution in [2.75, 3.05) is 13.6 Å². The van der Waals surface area contributed by atoms with Crippen LogP contribution in [-0.2, 0) is 14.8 Å². The average Bonchev–Trinajstić information content (AvgIpc) is 2.90. The van der Waals surface area contributed by atoms with E-state index in [0.717, 1.165) is 12.8 Å². The maximum absolute atomic E-state index is 12.6. The lowest BCUT2D eigenvalue weighted by molar-refractivity contribution is -0.124. The molecule has 0 bridgehead atoms. The topological polar surface area (TPSA) is 79.4 Å². The summed E-state index contributed by atoms with van der Waals surface area (Å²) in [7, 11) is -1.89. The Labute approximate surface area is 124 Å². The smallest absolute Gasteiger partial charge is 0.244 e. The fraction of sp³-hybridized carbons (Fsp3) is 0.571. The van der Waals surface area contributed by atoms with Gasteiger partial charge in [-0.2, -0.15) is 4.31 Å². The van der Waals surface area contributed by atoms with Crippen LogP contribution in [0.15, 0.2) is 29.4 Å². The first-order valence-corrected chi connectivity index (χ1v) is 8.57. The SMILES string of the molecule is CN([C@H]1C[C@H]2CC(=O)NC[C@H]2C1)S(=O)(=O)c1cccnc1. The summed E-state index contributed by atoms with van der Waals surface area (Å²) in [5, 5.41) is 2.87. The zero-order chi connectivity index (χ0) is 15.0. The van der Waals surface area contributed by atoms with Crippen molar-refractivity contribution in [3.63, 3.8) is 0 Å². The number of piperidine rings is 1. The van der Waals surface area contributed by atoms with Crippen LogP contribution in [0.3, 0.4) is 0 Å². The maximum atomic E-state index is 12.6. The molecule has 1 aromatic rings. The molecule has 1 aliphatic carbocycles. The van der Waals surface area contributed by atoms with E-state index >= 15 is 0 Å². The monoisotopic (exact) mass is 309 g/mol. The molecule has 1 saturated heterocycles. The predicted octanol–water partition coefficient (Wildman–Crippen LogP) is 0.617. The van der Waals surface area contributed by atoms with Crippen LogP contribution in [0.5, 0.6) is 0 Å². The summed E-state index contributed by atoms with van der Waals surface area (Å²) in [5.41, 5.74) is 0. The van der Waals surface area contributed by atoms with Crippen LogP contribution < -0.4 is 5.32 Å². The molecule has 2 aliphatic rings. The lowest BCUT2D eigenvalue weighted by Gasteiger charge is -2.24. The maximum Gasteiger partial charge on any atom is 0.244 e. The zero-order valence-electron chi connectivity index (χ0n) is 11.9. The number of pyridine rings is 1. The zero-order valence-corrected chi connectivity index (χ0v) is 12.7. The fourth-order valence-electron chi connectivity index (χ4n) is 3.39. The van der Waals surface area contributed by atoms with Gasteiger partial charge in [0.15, 0.2) is 0 Å². The summed E-state index contributed by atoms with van der Waals surface area (Å²) < 4.78 is 26.6. The van der Waals surface area contributed by atoms with Crippen molar-refractivity contribution in [3.8, 4) is 0 Å². The first-order valence-electron chi connectivity index (χ1n) is 7.13. The highest BCUT2D eigenvalue weighted by Crippen LogP contribution is 2.39. The standard InChI is InChI=1S/C14H19N3O3S/c1-17(21(19,20)13-3-2-4-15-9-13)12-5-10-7-14(18)16-8-11(10)6-12/h2-4,9-12H,5-8H2,1H3,(H,16,18)/t10-,11+,12-/m0/s1. The molecule has 0 spiro atoms. The second-order valence-corrected chi connectivity index (χ2v) is 7.86. The number of carbonyl (C=O) groups is 1. The molecule has 2 fully saturated rings. The molecule has 114 valence electrons. The van der Waals surface area contributed by atoms with Crippen molar-refractivity contribution < 1.29 is 13.2 Å². The third-order valence-corrected chi connectivity index (χ3v) is 6.54. The summed E-state index contributed by atoms with van der Waals surface area (Å²) >= 11 is 0. The van der Waals surface area contributed by atoms with E-state index in [2.05, 4.69) is 10.3 Å². The van der Waals surface area contributed by atoms with Crippen LogP contribution in [0, 0.1) is 11.8 Å². The fourth-order valence-corrected chi connectivity index (χ4v) is 4.74. The molecule has 3 rings (SSSR count). The molecule has 1 aromatic heterocycles. The van der Waals surface area contributed by atoms with Crippen molar-refractivity contribution in [1.29, 1.82) is 0 Å². The van der Waals surface area contributed by atoms with E-state index in [-0.39, 0.29) is 16.8 Å². The molecule has 3 atom stereocenters. The molecule has 0 aromatic carbocycles. The van der Waals surface area contributed by atoms with Gasteiger partial charge in [-0.1, -0.05) is 0 Å². The number of rotatable bonds is 3. The van der Waals surface area contributed by atoms with Gasteiger partial charge in [-0.15, -0.1) is 0 Å². The number of hydrogen-bond acceptors (Lipinski definition) is 4. The van der Waals surface area contributed by atoms with Gasteiger partial charge >= 0.3 is 0 Å². The Morgan fingerprint density at radius 3 is 2.81 bits per heavy atom. The molecule has 0 unspecified atom stereocenters. The molecule has 1 amide bonds. The van der Waals surface area contributed by atoms with Crippen LogP contribution in [0.1, 0.15) is 19.3 Å². The van der Waals surface area contributed by atoms with Crippen molar-refractivity contribution in [2.45, 2.75) is 30.2 Å². The quantitative estimate of drug-likeness (QED) is 0.887. The van der Waals surface area contributed by atoms with Gasteiger partial charge in [0, 0.05) is 38.4 Å². The highest BCUT2D eigenvalue weighted by Gasteiger charge is 2.42. The van der Waals surface area contributed by atoms with E-state index in [1.807, 2.05) is 0 Å². The largest absolute Gasteiger partial charge is 0.356 e. The number of nitrogens with zero attached hydrogens (tertiary/aromatic N) is 2. The van der Waals surface area contributed by atoms with Crippen LogP contribution in [0.25, 0.3) is 0 Å². The van der Waals surface area contributed by atoms with E-state index in [1.165, 1.54) is 10.5 Å². The Kier molecular flexibility index (Phi) is 3.71. The van der Waals surface area contributed by atoms with E-state index in [9.17, 15) is 13.2 Å². The Morgan fingerprint density at radius 1 is 1.33 bits per heavy atom. The van der Waals surface area contributed by atoms with Crippen LogP contribution >= 0.6 is 0 Å². The molecule has 2 heterocycles. The molecule has 7 heteroatoms. The first kappa shape index (κ1) is 14.5. The Hall–Kier alpha value is -1.47. The number of nitrogens with one attached hydrogen (secondary N) is 1. The lowest BCUT2D eigenvalue weighted by atomic mass is 9.89. The summed E-state index contributed by atoms with van der Waals surface area (Å²) in [6, 6.07) is 3.14. The molecule has 21 heavy (non-hydrogen) atoms. The number of carbonyl (C=O) groups excluding carboxylic acids is 1. The highest BCUT2D eigenvalue weighted by atomic mass is 32.2. The van der Waals surface area contributed by atoms with Gasteiger partial charge in [0.2, 0.25) is 15.9 Å². The normalized spacial score (nSPS) is 29.2. The Balaban J connectivity index is 1.77. The second kappa shape index (κ2) is 5.38. The van der Waals surface area contributed by atoms with Crippen molar-refractivity contribution >= 4 is 15.9 Å². The molecule has 0 radical (unpaired) electrons. The Morgan fingerprint density at radius 2 is 2.10 bits per heavy atom. The molecular weight excluding hydrogens is 290 g/mol.